The lowest BCUT2D eigenvalue weighted by Crippen LogP contribution is -2.42. The Morgan fingerprint density at radius 2 is 2.28 bits per heavy atom. The fraction of sp³-hybridized carbons (Fsp3) is 0.500. The highest BCUT2D eigenvalue weighted by Gasteiger charge is 2.01. The Bertz CT molecular complexity index is 380. The van der Waals surface area contributed by atoms with E-state index in [-0.39, 0.29) is 0 Å². The summed E-state index contributed by atoms with van der Waals surface area (Å²) in [4.78, 5) is 4.45. The van der Waals surface area contributed by atoms with Gasteiger partial charge in [-0.25, -0.2) is 4.99 Å². The molecule has 100 valence electrons. The number of nitrogens with zero attached hydrogens (tertiary/aromatic N) is 1. The number of rotatable bonds is 6. The van der Waals surface area contributed by atoms with Gasteiger partial charge in [-0.2, -0.15) is 0 Å². The monoisotopic (exact) mass is 249 g/mol. The van der Waals surface area contributed by atoms with Gasteiger partial charge in [-0.3, -0.25) is 0 Å². The molecule has 0 radical (unpaired) electrons. The van der Waals surface area contributed by atoms with Gasteiger partial charge < -0.3 is 15.1 Å². The van der Waals surface area contributed by atoms with Crippen molar-refractivity contribution < 1.29 is 4.42 Å². The third-order valence-corrected chi connectivity index (χ3v) is 2.18. The van der Waals surface area contributed by atoms with Gasteiger partial charge in [-0.05, 0) is 32.9 Å². The molecule has 1 rings (SSSR count). The maximum atomic E-state index is 5.28. The van der Waals surface area contributed by atoms with E-state index in [1.165, 1.54) is 0 Å². The quantitative estimate of drug-likeness (QED) is 0.462. The van der Waals surface area contributed by atoms with Gasteiger partial charge in [0.05, 0.1) is 12.8 Å². The van der Waals surface area contributed by atoms with Crippen LogP contribution in [0.5, 0.6) is 0 Å². The van der Waals surface area contributed by atoms with Crippen LogP contribution in [0.25, 0.3) is 0 Å². The standard InChI is InChI=1S/C14H23N3O/c1-11(2)10-16-14(17-12(3)4)15-8-7-13-6-5-9-18-13/h5-6,9,12H,1,7-8,10H2,2-4H3,(H2,15,16,17). The number of hydrogen-bond acceptors (Lipinski definition) is 2. The van der Waals surface area contributed by atoms with Crippen LogP contribution >= 0.6 is 0 Å². The first-order chi connectivity index (χ1) is 8.58. The van der Waals surface area contributed by atoms with Crippen LogP contribution in [-0.2, 0) is 6.42 Å². The molecular formula is C14H23N3O. The van der Waals surface area contributed by atoms with E-state index in [2.05, 4.69) is 36.1 Å². The van der Waals surface area contributed by atoms with Crippen LogP contribution in [0, 0.1) is 0 Å². The average molecular weight is 249 g/mol. The summed E-state index contributed by atoms with van der Waals surface area (Å²) in [6.07, 6.45) is 2.54. The molecule has 0 atom stereocenters. The lowest BCUT2D eigenvalue weighted by Gasteiger charge is -2.14. The van der Waals surface area contributed by atoms with Gasteiger partial charge in [0.25, 0.3) is 0 Å². The Hall–Kier alpha value is -1.71. The van der Waals surface area contributed by atoms with Crippen molar-refractivity contribution in [3.8, 4) is 0 Å². The Labute approximate surface area is 109 Å². The molecule has 0 saturated heterocycles. The van der Waals surface area contributed by atoms with Crippen LogP contribution in [0.1, 0.15) is 26.5 Å². The molecule has 0 aliphatic heterocycles. The highest BCUT2D eigenvalue weighted by molar-refractivity contribution is 5.80. The molecule has 0 amide bonds. The van der Waals surface area contributed by atoms with E-state index in [0.29, 0.717) is 12.6 Å². The minimum Gasteiger partial charge on any atom is -0.469 e. The summed E-state index contributed by atoms with van der Waals surface area (Å²) in [7, 11) is 0. The second-order valence-corrected chi connectivity index (χ2v) is 4.68. The summed E-state index contributed by atoms with van der Waals surface area (Å²) in [5, 5.41) is 6.56. The van der Waals surface area contributed by atoms with E-state index in [0.717, 1.165) is 30.3 Å². The summed E-state index contributed by atoms with van der Waals surface area (Å²) >= 11 is 0. The molecule has 0 spiro atoms. The summed E-state index contributed by atoms with van der Waals surface area (Å²) in [6, 6.07) is 4.23. The minimum atomic E-state index is 0.352. The third kappa shape index (κ3) is 6.13. The molecule has 1 heterocycles. The molecule has 1 aromatic heterocycles. The van der Waals surface area contributed by atoms with Crippen molar-refractivity contribution in [2.45, 2.75) is 33.2 Å². The predicted octanol–water partition coefficient (Wildman–Crippen LogP) is 2.34. The van der Waals surface area contributed by atoms with Crippen LogP contribution in [0.4, 0.5) is 0 Å². The van der Waals surface area contributed by atoms with Crippen LogP contribution in [0.15, 0.2) is 40.0 Å². The van der Waals surface area contributed by atoms with E-state index in [1.54, 1.807) is 6.26 Å². The molecule has 0 bridgehead atoms. The van der Waals surface area contributed by atoms with Crippen molar-refractivity contribution in [2.75, 3.05) is 13.1 Å². The average Bonchev–Trinajstić information content (AvgIpc) is 2.77. The molecule has 0 aromatic carbocycles. The number of hydrogen-bond donors (Lipinski definition) is 2. The highest BCUT2D eigenvalue weighted by Crippen LogP contribution is 1.99. The molecule has 0 aliphatic carbocycles. The Morgan fingerprint density at radius 3 is 2.83 bits per heavy atom. The highest BCUT2D eigenvalue weighted by atomic mass is 16.3. The van der Waals surface area contributed by atoms with Crippen molar-refractivity contribution in [2.24, 2.45) is 4.99 Å². The topological polar surface area (TPSA) is 49.6 Å². The number of nitrogens with one attached hydrogen (secondary N) is 2. The van der Waals surface area contributed by atoms with Gasteiger partial charge in [0.15, 0.2) is 5.96 Å². The maximum absolute atomic E-state index is 5.28. The normalized spacial score (nSPS) is 11.7. The van der Waals surface area contributed by atoms with Crippen LogP contribution in [0.3, 0.4) is 0 Å². The molecule has 0 saturated carbocycles. The second-order valence-electron chi connectivity index (χ2n) is 4.68. The van der Waals surface area contributed by atoms with Crippen LogP contribution < -0.4 is 10.6 Å². The largest absolute Gasteiger partial charge is 0.469 e. The fourth-order valence-corrected chi connectivity index (χ4v) is 1.40. The summed E-state index contributed by atoms with van der Waals surface area (Å²) in [6.45, 7) is 11.4. The zero-order valence-electron chi connectivity index (χ0n) is 11.5. The van der Waals surface area contributed by atoms with Crippen molar-refractivity contribution >= 4 is 5.96 Å². The van der Waals surface area contributed by atoms with Crippen molar-refractivity contribution in [3.63, 3.8) is 0 Å². The second kappa shape index (κ2) is 7.58. The zero-order chi connectivity index (χ0) is 13.4. The van der Waals surface area contributed by atoms with E-state index in [1.807, 2.05) is 19.1 Å². The SMILES string of the molecule is C=C(C)CN=C(NCCc1ccco1)NC(C)C. The molecule has 4 heteroatoms. The van der Waals surface area contributed by atoms with E-state index in [4.69, 9.17) is 4.42 Å². The first kappa shape index (κ1) is 14.4. The summed E-state index contributed by atoms with van der Waals surface area (Å²) in [5.74, 6) is 1.80. The van der Waals surface area contributed by atoms with E-state index in [9.17, 15) is 0 Å². The molecule has 1 aromatic rings. The molecule has 0 unspecified atom stereocenters. The van der Waals surface area contributed by atoms with Crippen molar-refractivity contribution in [1.82, 2.24) is 10.6 Å². The Morgan fingerprint density at radius 1 is 1.50 bits per heavy atom. The van der Waals surface area contributed by atoms with Crippen LogP contribution in [-0.4, -0.2) is 25.1 Å². The first-order valence-electron chi connectivity index (χ1n) is 6.29. The van der Waals surface area contributed by atoms with Gasteiger partial charge in [0.1, 0.15) is 5.76 Å². The zero-order valence-corrected chi connectivity index (χ0v) is 11.5. The summed E-state index contributed by atoms with van der Waals surface area (Å²) < 4.78 is 5.28. The lowest BCUT2D eigenvalue weighted by atomic mass is 10.3. The van der Waals surface area contributed by atoms with Gasteiger partial charge in [0.2, 0.25) is 0 Å². The third-order valence-electron chi connectivity index (χ3n) is 2.18. The Kier molecular flexibility index (Phi) is 6.05. The fourth-order valence-electron chi connectivity index (χ4n) is 1.40. The molecular weight excluding hydrogens is 226 g/mol. The van der Waals surface area contributed by atoms with Gasteiger partial charge in [0, 0.05) is 19.0 Å². The first-order valence-corrected chi connectivity index (χ1v) is 6.29. The van der Waals surface area contributed by atoms with Crippen molar-refractivity contribution in [1.29, 1.82) is 0 Å². The molecule has 0 aliphatic rings. The lowest BCUT2D eigenvalue weighted by molar-refractivity contribution is 0.506. The van der Waals surface area contributed by atoms with Gasteiger partial charge >= 0.3 is 0 Å². The Balaban J connectivity index is 2.40. The maximum Gasteiger partial charge on any atom is 0.191 e. The molecule has 2 N–H and O–H groups in total. The van der Waals surface area contributed by atoms with E-state index < -0.39 is 0 Å². The molecule has 4 nitrogen and oxygen atoms in total. The predicted molar refractivity (Wildman–Crippen MR) is 75.8 cm³/mol. The van der Waals surface area contributed by atoms with Crippen LogP contribution in [0.2, 0.25) is 0 Å². The molecule has 0 fully saturated rings. The smallest absolute Gasteiger partial charge is 0.191 e. The van der Waals surface area contributed by atoms with Gasteiger partial charge in [-0.1, -0.05) is 12.2 Å². The molecule has 18 heavy (non-hydrogen) atoms. The number of guanidine groups is 1. The summed E-state index contributed by atoms with van der Waals surface area (Å²) in [5.41, 5.74) is 1.05. The number of furan rings is 1. The van der Waals surface area contributed by atoms with Gasteiger partial charge in [-0.15, -0.1) is 0 Å². The van der Waals surface area contributed by atoms with E-state index >= 15 is 0 Å². The van der Waals surface area contributed by atoms with Crippen molar-refractivity contribution in [3.05, 3.63) is 36.3 Å². The minimum absolute atomic E-state index is 0.352. The number of aliphatic imine (C=N–C) groups is 1.